The van der Waals surface area contributed by atoms with Crippen molar-refractivity contribution in [2.24, 2.45) is 39.8 Å². The van der Waals surface area contributed by atoms with Crippen LogP contribution in [0.2, 0.25) is 0 Å². The predicted octanol–water partition coefficient (Wildman–Crippen LogP) is 5.31. The maximum absolute atomic E-state index is 6.32. The van der Waals surface area contributed by atoms with Crippen molar-refractivity contribution in [3.63, 3.8) is 0 Å². The fourth-order valence-corrected chi connectivity index (χ4v) is 7.97. The first-order valence-electron chi connectivity index (χ1n) is 12.1. The molecule has 0 amide bonds. The molecular weight excluding hydrogens is 388 g/mol. The minimum absolute atomic E-state index is 0.0545. The highest BCUT2D eigenvalue weighted by molar-refractivity contribution is 7.80. The lowest BCUT2D eigenvalue weighted by Gasteiger charge is -2.42. The Morgan fingerprint density at radius 1 is 1.17 bits per heavy atom. The molecule has 5 saturated carbocycles. The Morgan fingerprint density at radius 2 is 1.93 bits per heavy atom. The van der Waals surface area contributed by atoms with Crippen molar-refractivity contribution in [3.8, 4) is 0 Å². The molecule has 30 heavy (non-hydrogen) atoms. The molecule has 5 unspecified atom stereocenters. The minimum atomic E-state index is 0.0545. The van der Waals surface area contributed by atoms with Crippen molar-refractivity contribution in [1.29, 1.82) is 0 Å². The molecule has 4 bridgehead atoms. The number of nitrogens with zero attached hydrogens (tertiary/aromatic N) is 1. The summed E-state index contributed by atoms with van der Waals surface area (Å²) in [7, 11) is 0. The van der Waals surface area contributed by atoms with E-state index >= 15 is 0 Å². The van der Waals surface area contributed by atoms with Crippen LogP contribution in [0, 0.1) is 29.1 Å². The lowest BCUT2D eigenvalue weighted by molar-refractivity contribution is -0.0225. The lowest BCUT2D eigenvalue weighted by Crippen LogP contribution is -2.39. The monoisotopic (exact) mass is 424 g/mol. The van der Waals surface area contributed by atoms with Crippen LogP contribution in [0.1, 0.15) is 63.9 Å². The van der Waals surface area contributed by atoms with Gasteiger partial charge in [0.25, 0.3) is 0 Å². The van der Waals surface area contributed by atoms with Crippen LogP contribution in [0.3, 0.4) is 0 Å². The molecule has 1 aromatic carbocycles. The van der Waals surface area contributed by atoms with E-state index in [1.54, 1.807) is 0 Å². The van der Waals surface area contributed by atoms with Gasteiger partial charge in [-0.15, -0.1) is 0 Å². The van der Waals surface area contributed by atoms with Gasteiger partial charge >= 0.3 is 0 Å². The summed E-state index contributed by atoms with van der Waals surface area (Å²) in [5.74, 6) is 2.42. The normalized spacial score (nSPS) is 42.3. The van der Waals surface area contributed by atoms with Crippen LogP contribution in [0.25, 0.3) is 0 Å². The van der Waals surface area contributed by atoms with Gasteiger partial charge in [0, 0.05) is 18.2 Å². The molecule has 5 aliphatic carbocycles. The highest BCUT2D eigenvalue weighted by atomic mass is 32.1. The second kappa shape index (κ2) is 8.11. The second-order valence-corrected chi connectivity index (χ2v) is 10.9. The summed E-state index contributed by atoms with van der Waals surface area (Å²) < 4.78 is 6.32. The molecule has 0 aromatic heterocycles. The quantitative estimate of drug-likeness (QED) is 0.497. The first-order valence-corrected chi connectivity index (χ1v) is 12.5. The topological polar surface area (TPSA) is 47.6 Å². The zero-order valence-electron chi connectivity index (χ0n) is 18.3. The number of nitrogens with two attached hydrogens (primary N) is 1. The van der Waals surface area contributed by atoms with Crippen LogP contribution in [0.4, 0.5) is 0 Å². The number of hydrogen-bond acceptors (Lipinski definition) is 3. The van der Waals surface area contributed by atoms with E-state index < -0.39 is 0 Å². The first kappa shape index (κ1) is 20.8. The highest BCUT2D eigenvalue weighted by Crippen LogP contribution is 2.71. The van der Waals surface area contributed by atoms with Gasteiger partial charge in [-0.1, -0.05) is 42.5 Å². The van der Waals surface area contributed by atoms with Crippen molar-refractivity contribution >= 4 is 23.4 Å². The van der Waals surface area contributed by atoms with Crippen molar-refractivity contribution in [2.45, 2.75) is 69.8 Å². The molecule has 5 atom stereocenters. The summed E-state index contributed by atoms with van der Waals surface area (Å²) in [5, 5.41) is 0. The fraction of sp³-hybridized carbons (Fsp3) is 0.692. The van der Waals surface area contributed by atoms with Gasteiger partial charge in [0.2, 0.25) is 0 Å². The Kier molecular flexibility index (Phi) is 5.62. The highest BCUT2D eigenvalue weighted by Gasteiger charge is 2.70. The molecule has 2 N–H and O–H groups in total. The van der Waals surface area contributed by atoms with Gasteiger partial charge in [-0.3, -0.25) is 4.99 Å². The van der Waals surface area contributed by atoms with Crippen LogP contribution >= 0.6 is 12.2 Å². The summed E-state index contributed by atoms with van der Waals surface area (Å²) in [5.41, 5.74) is 7.68. The molecular formula is C26H36N2OS. The maximum atomic E-state index is 6.32. The third-order valence-corrected chi connectivity index (χ3v) is 9.43. The molecule has 0 aliphatic heterocycles. The summed E-state index contributed by atoms with van der Waals surface area (Å²) in [4.78, 5) is 5.98. The summed E-state index contributed by atoms with van der Waals surface area (Å²) >= 11 is 6.09. The third kappa shape index (κ3) is 3.30. The number of rotatable bonds is 6. The molecule has 0 heterocycles. The second-order valence-electron chi connectivity index (χ2n) is 10.5. The SMILES string of the molecule is CCOC1C2CC3(c4ccccc4)CC1C(C(=S)/N=C/C1CCC(CN)CC1)(C2)C3. The van der Waals surface area contributed by atoms with E-state index in [9.17, 15) is 0 Å². The summed E-state index contributed by atoms with van der Waals surface area (Å²) in [6, 6.07) is 11.2. The maximum Gasteiger partial charge on any atom is 0.109 e. The van der Waals surface area contributed by atoms with Gasteiger partial charge in [0.15, 0.2) is 0 Å². The van der Waals surface area contributed by atoms with Crippen molar-refractivity contribution < 1.29 is 4.74 Å². The molecule has 162 valence electrons. The Balaban J connectivity index is 1.38. The molecule has 0 radical (unpaired) electrons. The summed E-state index contributed by atoms with van der Waals surface area (Å²) in [6.07, 6.45) is 12.2. The zero-order valence-corrected chi connectivity index (χ0v) is 19.1. The van der Waals surface area contributed by atoms with Crippen LogP contribution in [-0.2, 0) is 10.2 Å². The lowest BCUT2D eigenvalue weighted by atomic mass is 9.63. The van der Waals surface area contributed by atoms with E-state index in [4.69, 9.17) is 27.7 Å². The van der Waals surface area contributed by atoms with E-state index in [-0.39, 0.29) is 10.8 Å². The Labute approximate surface area is 186 Å². The molecule has 3 nitrogen and oxygen atoms in total. The Morgan fingerprint density at radius 3 is 2.63 bits per heavy atom. The molecule has 5 fully saturated rings. The van der Waals surface area contributed by atoms with Crippen LogP contribution < -0.4 is 5.73 Å². The number of ether oxygens (including phenoxy) is 1. The molecule has 4 heteroatoms. The van der Waals surface area contributed by atoms with E-state index in [0.29, 0.717) is 29.8 Å². The number of aliphatic imine (C=N–C) groups is 1. The van der Waals surface area contributed by atoms with Crippen LogP contribution in [0.5, 0.6) is 0 Å². The van der Waals surface area contributed by atoms with Gasteiger partial charge in [-0.2, -0.15) is 0 Å². The van der Waals surface area contributed by atoms with Crippen LogP contribution in [-0.4, -0.2) is 30.5 Å². The van der Waals surface area contributed by atoms with Gasteiger partial charge in [0.05, 0.1) is 6.10 Å². The standard InChI is InChI=1S/C26H36N2OS/c1-2-29-23-20-12-25(21-6-4-3-5-7-21)14-22(23)26(13-20,17-25)24(30)28-16-19-10-8-18(15-27)9-11-19/h3-7,16,18-20,22-23H,2,8-15,17,27H2,1H3/b28-16+. The largest absolute Gasteiger partial charge is 0.378 e. The third-order valence-electron chi connectivity index (χ3n) is 8.91. The Hall–Kier alpha value is -1.10. The Bertz CT molecular complexity index is 803. The number of benzene rings is 1. The van der Waals surface area contributed by atoms with Crippen LogP contribution in [0.15, 0.2) is 35.3 Å². The molecule has 1 aromatic rings. The average Bonchev–Trinajstić information content (AvgIpc) is 3.16. The molecule has 0 saturated heterocycles. The van der Waals surface area contributed by atoms with Gasteiger partial charge < -0.3 is 10.5 Å². The average molecular weight is 425 g/mol. The van der Waals surface area contributed by atoms with E-state index in [0.717, 1.165) is 24.6 Å². The smallest absolute Gasteiger partial charge is 0.109 e. The van der Waals surface area contributed by atoms with E-state index in [2.05, 4.69) is 43.5 Å². The molecule has 6 rings (SSSR count). The first-order chi connectivity index (χ1) is 14.6. The van der Waals surface area contributed by atoms with Crippen molar-refractivity contribution in [1.82, 2.24) is 0 Å². The predicted molar refractivity (Wildman–Crippen MR) is 127 cm³/mol. The van der Waals surface area contributed by atoms with Gasteiger partial charge in [-0.05, 0) is 99.5 Å². The van der Waals surface area contributed by atoms with Crippen molar-refractivity contribution in [3.05, 3.63) is 35.9 Å². The fourth-order valence-electron chi connectivity index (χ4n) is 7.61. The number of thiocarbonyl (C=S) groups is 1. The zero-order chi connectivity index (χ0) is 20.8. The van der Waals surface area contributed by atoms with Gasteiger partial charge in [-0.25, -0.2) is 0 Å². The van der Waals surface area contributed by atoms with E-state index in [1.165, 1.54) is 50.5 Å². The summed E-state index contributed by atoms with van der Waals surface area (Å²) in [6.45, 7) is 3.76. The minimum Gasteiger partial charge on any atom is -0.378 e. The van der Waals surface area contributed by atoms with Gasteiger partial charge in [0.1, 0.15) is 4.99 Å². The van der Waals surface area contributed by atoms with Crippen molar-refractivity contribution in [2.75, 3.05) is 13.2 Å². The van der Waals surface area contributed by atoms with E-state index in [1.807, 2.05) is 0 Å². The molecule has 0 spiro atoms. The number of hydrogen-bond donors (Lipinski definition) is 1. The molecule has 5 aliphatic rings.